The first-order chi connectivity index (χ1) is 7.49. The molecule has 1 saturated heterocycles. The van der Waals surface area contributed by atoms with Crippen LogP contribution in [0.4, 0.5) is 0 Å². The van der Waals surface area contributed by atoms with E-state index in [2.05, 4.69) is 49.3 Å². The van der Waals surface area contributed by atoms with Crippen LogP contribution in [0.15, 0.2) is 0 Å². The van der Waals surface area contributed by atoms with Gasteiger partial charge in [-0.15, -0.1) is 0 Å². The molecular weight excluding hydrogens is 200 g/mol. The average Bonchev–Trinajstić information content (AvgIpc) is 2.23. The largest absolute Gasteiger partial charge is 0.308 e. The van der Waals surface area contributed by atoms with Gasteiger partial charge in [-0.2, -0.15) is 5.26 Å². The molecular formula is C12H24N4. The molecule has 1 rings (SSSR count). The van der Waals surface area contributed by atoms with E-state index in [0.29, 0.717) is 6.04 Å². The van der Waals surface area contributed by atoms with Crippen LogP contribution in [0.1, 0.15) is 19.8 Å². The first kappa shape index (κ1) is 13.4. The van der Waals surface area contributed by atoms with E-state index in [-0.39, 0.29) is 5.54 Å². The van der Waals surface area contributed by atoms with Gasteiger partial charge in [-0.1, -0.05) is 0 Å². The minimum absolute atomic E-state index is 0.304. The number of likely N-dealkylation sites (tertiary alicyclic amines) is 1. The van der Waals surface area contributed by atoms with Crippen LogP contribution in [0.3, 0.4) is 0 Å². The minimum Gasteiger partial charge on any atom is -0.308 e. The zero-order valence-corrected chi connectivity index (χ0v) is 11.0. The van der Waals surface area contributed by atoms with Crippen molar-refractivity contribution in [3.8, 4) is 6.07 Å². The summed E-state index contributed by atoms with van der Waals surface area (Å²) in [4.78, 5) is 4.46. The van der Waals surface area contributed by atoms with Crippen LogP contribution in [-0.4, -0.2) is 62.2 Å². The SMILES string of the molecule is CC1CC(C#N)(NCCN(C)C)CCN1C. The van der Waals surface area contributed by atoms with Crippen molar-refractivity contribution < 1.29 is 0 Å². The third-order valence-corrected chi connectivity index (χ3v) is 3.52. The summed E-state index contributed by atoms with van der Waals surface area (Å²) >= 11 is 0. The molecule has 0 spiro atoms. The monoisotopic (exact) mass is 224 g/mol. The Balaban J connectivity index is 2.48. The molecule has 0 aromatic heterocycles. The summed E-state index contributed by atoms with van der Waals surface area (Å²) in [7, 11) is 6.24. The van der Waals surface area contributed by atoms with Gasteiger partial charge in [-0.05, 0) is 40.9 Å². The van der Waals surface area contributed by atoms with E-state index >= 15 is 0 Å². The van der Waals surface area contributed by atoms with E-state index in [4.69, 9.17) is 0 Å². The normalized spacial score (nSPS) is 31.6. The fourth-order valence-electron chi connectivity index (χ4n) is 2.17. The van der Waals surface area contributed by atoms with Crippen molar-refractivity contribution in [3.63, 3.8) is 0 Å². The van der Waals surface area contributed by atoms with Crippen molar-refractivity contribution in [1.29, 1.82) is 5.26 Å². The van der Waals surface area contributed by atoms with Gasteiger partial charge in [0.1, 0.15) is 5.54 Å². The zero-order valence-electron chi connectivity index (χ0n) is 11.0. The lowest BCUT2D eigenvalue weighted by Crippen LogP contribution is -2.55. The molecule has 0 saturated carbocycles. The van der Waals surface area contributed by atoms with Gasteiger partial charge in [0, 0.05) is 25.7 Å². The number of nitrogens with zero attached hydrogens (tertiary/aromatic N) is 3. The van der Waals surface area contributed by atoms with E-state index in [1.54, 1.807) is 0 Å². The number of piperidine rings is 1. The smallest absolute Gasteiger partial charge is 0.109 e. The van der Waals surface area contributed by atoms with Gasteiger partial charge < -0.3 is 9.80 Å². The van der Waals surface area contributed by atoms with E-state index in [1.165, 1.54) is 0 Å². The Hall–Kier alpha value is -0.630. The minimum atomic E-state index is -0.304. The van der Waals surface area contributed by atoms with Crippen LogP contribution in [0.2, 0.25) is 0 Å². The molecule has 1 aliphatic rings. The Morgan fingerprint density at radius 3 is 2.75 bits per heavy atom. The first-order valence-electron chi connectivity index (χ1n) is 6.00. The van der Waals surface area contributed by atoms with E-state index < -0.39 is 0 Å². The molecule has 2 atom stereocenters. The molecule has 0 aromatic rings. The summed E-state index contributed by atoms with van der Waals surface area (Å²) in [6, 6.07) is 2.97. The molecule has 1 N–H and O–H groups in total. The van der Waals surface area contributed by atoms with Gasteiger partial charge in [0.2, 0.25) is 0 Å². The lowest BCUT2D eigenvalue weighted by molar-refractivity contribution is 0.136. The summed E-state index contributed by atoms with van der Waals surface area (Å²) < 4.78 is 0. The highest BCUT2D eigenvalue weighted by atomic mass is 15.2. The fourth-order valence-corrected chi connectivity index (χ4v) is 2.17. The number of rotatable bonds is 4. The molecule has 1 aliphatic heterocycles. The molecule has 4 heteroatoms. The zero-order chi connectivity index (χ0) is 12.2. The lowest BCUT2D eigenvalue weighted by atomic mass is 9.85. The van der Waals surface area contributed by atoms with Crippen molar-refractivity contribution in [2.24, 2.45) is 0 Å². The molecule has 0 aromatic carbocycles. The third-order valence-electron chi connectivity index (χ3n) is 3.52. The van der Waals surface area contributed by atoms with Gasteiger partial charge in [-0.25, -0.2) is 0 Å². The van der Waals surface area contributed by atoms with E-state index in [9.17, 15) is 5.26 Å². The van der Waals surface area contributed by atoms with E-state index in [0.717, 1.165) is 32.5 Å². The number of nitriles is 1. The Kier molecular flexibility index (Phi) is 4.72. The predicted octanol–water partition coefficient (Wildman–Crippen LogP) is 0.514. The Morgan fingerprint density at radius 1 is 1.56 bits per heavy atom. The third kappa shape index (κ3) is 3.44. The first-order valence-corrected chi connectivity index (χ1v) is 6.00. The maximum atomic E-state index is 9.37. The van der Waals surface area contributed by atoms with Crippen LogP contribution in [0.5, 0.6) is 0 Å². The highest BCUT2D eigenvalue weighted by Gasteiger charge is 2.36. The molecule has 4 nitrogen and oxygen atoms in total. The molecule has 2 unspecified atom stereocenters. The molecule has 1 heterocycles. The van der Waals surface area contributed by atoms with Crippen LogP contribution in [-0.2, 0) is 0 Å². The molecule has 0 aliphatic carbocycles. The quantitative estimate of drug-likeness (QED) is 0.756. The predicted molar refractivity (Wildman–Crippen MR) is 66.2 cm³/mol. The summed E-state index contributed by atoms with van der Waals surface area (Å²) in [5.41, 5.74) is -0.304. The molecule has 0 bridgehead atoms. The highest BCUT2D eigenvalue weighted by Crippen LogP contribution is 2.25. The number of nitrogens with one attached hydrogen (secondary N) is 1. The lowest BCUT2D eigenvalue weighted by Gasteiger charge is -2.40. The molecule has 92 valence electrons. The Morgan fingerprint density at radius 2 is 2.25 bits per heavy atom. The molecule has 0 amide bonds. The molecule has 16 heavy (non-hydrogen) atoms. The average molecular weight is 224 g/mol. The number of hydrogen-bond acceptors (Lipinski definition) is 4. The topological polar surface area (TPSA) is 42.3 Å². The van der Waals surface area contributed by atoms with Crippen LogP contribution < -0.4 is 5.32 Å². The second-order valence-electron chi connectivity index (χ2n) is 5.21. The van der Waals surface area contributed by atoms with Crippen molar-refractivity contribution >= 4 is 0 Å². The number of likely N-dealkylation sites (N-methyl/N-ethyl adjacent to an activating group) is 1. The van der Waals surface area contributed by atoms with Crippen LogP contribution in [0, 0.1) is 11.3 Å². The van der Waals surface area contributed by atoms with Crippen LogP contribution in [0.25, 0.3) is 0 Å². The summed E-state index contributed by atoms with van der Waals surface area (Å²) in [6.45, 7) is 5.06. The van der Waals surface area contributed by atoms with Crippen molar-refractivity contribution in [2.75, 3.05) is 40.8 Å². The fraction of sp³-hybridized carbons (Fsp3) is 0.917. The Bertz CT molecular complexity index is 258. The van der Waals surface area contributed by atoms with Gasteiger partial charge >= 0.3 is 0 Å². The van der Waals surface area contributed by atoms with Crippen molar-refractivity contribution in [2.45, 2.75) is 31.3 Å². The molecule has 1 fully saturated rings. The number of hydrogen-bond donors (Lipinski definition) is 1. The maximum Gasteiger partial charge on any atom is 0.109 e. The van der Waals surface area contributed by atoms with Gasteiger partial charge in [0.15, 0.2) is 0 Å². The Labute approximate surface area is 99.2 Å². The second-order valence-corrected chi connectivity index (χ2v) is 5.21. The van der Waals surface area contributed by atoms with Crippen molar-refractivity contribution in [1.82, 2.24) is 15.1 Å². The maximum absolute atomic E-state index is 9.37. The second kappa shape index (κ2) is 5.62. The van der Waals surface area contributed by atoms with Gasteiger partial charge in [-0.3, -0.25) is 5.32 Å². The molecule has 0 radical (unpaired) electrons. The van der Waals surface area contributed by atoms with E-state index in [1.807, 2.05) is 0 Å². The standard InChI is InChI=1S/C12H24N4/c1-11-9-12(10-13,5-7-16(11)4)14-6-8-15(2)3/h11,14H,5-9H2,1-4H3. The van der Waals surface area contributed by atoms with Crippen LogP contribution >= 0.6 is 0 Å². The summed E-state index contributed by atoms with van der Waals surface area (Å²) in [5.74, 6) is 0. The van der Waals surface area contributed by atoms with Gasteiger partial charge in [0.25, 0.3) is 0 Å². The summed E-state index contributed by atoms with van der Waals surface area (Å²) in [5, 5.41) is 12.8. The van der Waals surface area contributed by atoms with Gasteiger partial charge in [0.05, 0.1) is 6.07 Å². The highest BCUT2D eigenvalue weighted by molar-refractivity contribution is 5.11. The summed E-state index contributed by atoms with van der Waals surface area (Å²) in [6.07, 6.45) is 1.85. The van der Waals surface area contributed by atoms with Crippen molar-refractivity contribution in [3.05, 3.63) is 0 Å².